The van der Waals surface area contributed by atoms with Crippen molar-refractivity contribution in [1.82, 2.24) is 4.72 Å². The molecule has 0 unspecified atom stereocenters. The first-order chi connectivity index (χ1) is 13.2. The number of amides is 2. The molecule has 0 radical (unpaired) electrons. The molecule has 1 aliphatic carbocycles. The summed E-state index contributed by atoms with van der Waals surface area (Å²) in [6.07, 6.45) is 0.579. The first kappa shape index (κ1) is 19.2. The molecule has 4 rings (SSSR count). The third kappa shape index (κ3) is 3.74. The topological polar surface area (TPSA) is 102 Å². The van der Waals surface area contributed by atoms with Crippen molar-refractivity contribution in [3.8, 4) is 5.75 Å². The number of nitrogens with one attached hydrogen (secondary N) is 2. The first-order valence-electron chi connectivity index (χ1n) is 8.33. The summed E-state index contributed by atoms with van der Waals surface area (Å²) >= 11 is 9.43. The van der Waals surface area contributed by atoms with Crippen LogP contribution in [0.4, 0.5) is 5.69 Å². The van der Waals surface area contributed by atoms with Gasteiger partial charge in [-0.1, -0.05) is 39.7 Å². The second-order valence-electron chi connectivity index (χ2n) is 6.59. The molecule has 10 heteroatoms. The highest BCUT2D eigenvalue weighted by atomic mass is 79.9. The highest BCUT2D eigenvalue weighted by Gasteiger charge is 2.45. The van der Waals surface area contributed by atoms with Crippen molar-refractivity contribution in [3.05, 3.63) is 51.5 Å². The van der Waals surface area contributed by atoms with Crippen LogP contribution in [0, 0.1) is 5.92 Å². The largest absolute Gasteiger partial charge is 0.482 e. The van der Waals surface area contributed by atoms with Crippen LogP contribution in [-0.4, -0.2) is 26.8 Å². The standard InChI is InChI=1S/C18H14BrClN2O5S/c19-10-3-1-9(2-4-10)11-5-12(11)18(24)22-28(25,26)16-7-15-14(6-13(16)20)21-17(23)8-27-15/h1-4,6-7,11-12H,5,8H2,(H,21,23)(H,22,24)/t11-,12+/m0/s1. The molecule has 2 N–H and O–H groups in total. The van der Waals surface area contributed by atoms with Gasteiger partial charge in [0.15, 0.2) is 6.61 Å². The molecule has 7 nitrogen and oxygen atoms in total. The molecule has 1 saturated carbocycles. The smallest absolute Gasteiger partial charge is 0.265 e. The molecule has 1 fully saturated rings. The van der Waals surface area contributed by atoms with Crippen molar-refractivity contribution in [1.29, 1.82) is 0 Å². The number of hydrogen-bond donors (Lipinski definition) is 2. The zero-order valence-corrected chi connectivity index (χ0v) is 17.4. The van der Waals surface area contributed by atoms with Gasteiger partial charge in [-0.3, -0.25) is 9.59 Å². The van der Waals surface area contributed by atoms with Crippen LogP contribution < -0.4 is 14.8 Å². The number of benzene rings is 2. The fourth-order valence-electron chi connectivity index (χ4n) is 3.11. The fraction of sp³-hybridized carbons (Fsp3) is 0.222. The summed E-state index contributed by atoms with van der Waals surface area (Å²) in [6, 6.07) is 10.1. The maximum Gasteiger partial charge on any atom is 0.265 e. The Morgan fingerprint density at radius 3 is 2.68 bits per heavy atom. The molecule has 2 aliphatic rings. The lowest BCUT2D eigenvalue weighted by molar-refractivity contribution is -0.120. The van der Waals surface area contributed by atoms with Gasteiger partial charge >= 0.3 is 0 Å². The molecular formula is C18H14BrClN2O5S. The Balaban J connectivity index is 1.51. The van der Waals surface area contributed by atoms with E-state index in [9.17, 15) is 18.0 Å². The zero-order valence-electron chi connectivity index (χ0n) is 14.2. The van der Waals surface area contributed by atoms with Crippen molar-refractivity contribution < 1.29 is 22.7 Å². The molecule has 2 amide bonds. The average molecular weight is 486 g/mol. The number of carbonyl (C=O) groups excluding carboxylic acids is 2. The molecule has 2 atom stereocenters. The second kappa shape index (κ2) is 7.06. The van der Waals surface area contributed by atoms with E-state index >= 15 is 0 Å². The van der Waals surface area contributed by atoms with Crippen molar-refractivity contribution in [2.75, 3.05) is 11.9 Å². The highest BCUT2D eigenvalue weighted by molar-refractivity contribution is 9.10. The van der Waals surface area contributed by atoms with E-state index in [-0.39, 0.29) is 39.8 Å². The van der Waals surface area contributed by atoms with Crippen LogP contribution in [0.2, 0.25) is 5.02 Å². The molecular weight excluding hydrogens is 472 g/mol. The molecule has 0 bridgehead atoms. The average Bonchev–Trinajstić information content (AvgIpc) is 3.42. The van der Waals surface area contributed by atoms with Gasteiger partial charge in [0.25, 0.3) is 15.9 Å². The normalized spacial score (nSPS) is 20.6. The lowest BCUT2D eigenvalue weighted by atomic mass is 10.1. The van der Waals surface area contributed by atoms with E-state index in [1.165, 1.54) is 12.1 Å². The summed E-state index contributed by atoms with van der Waals surface area (Å²) in [5.74, 6) is -1.18. The van der Waals surface area contributed by atoms with Gasteiger partial charge in [-0.25, -0.2) is 13.1 Å². The molecule has 146 valence electrons. The van der Waals surface area contributed by atoms with Crippen LogP contribution in [-0.2, 0) is 19.6 Å². The van der Waals surface area contributed by atoms with Crippen molar-refractivity contribution >= 4 is 55.1 Å². The van der Waals surface area contributed by atoms with E-state index < -0.39 is 21.8 Å². The maximum absolute atomic E-state index is 12.7. The lowest BCUT2D eigenvalue weighted by Gasteiger charge is -2.19. The van der Waals surface area contributed by atoms with Gasteiger partial charge in [0.05, 0.1) is 10.7 Å². The first-order valence-corrected chi connectivity index (χ1v) is 11.0. The van der Waals surface area contributed by atoms with Crippen LogP contribution in [0.1, 0.15) is 17.9 Å². The SMILES string of the molecule is O=C1COc2cc(S(=O)(=O)NC(=O)[C@@H]3C[C@H]3c3ccc(Br)cc3)c(Cl)cc2N1. The monoisotopic (exact) mass is 484 g/mol. The summed E-state index contributed by atoms with van der Waals surface area (Å²) in [4.78, 5) is 23.5. The van der Waals surface area contributed by atoms with Gasteiger partial charge in [0.1, 0.15) is 10.6 Å². The number of anilines is 1. The molecule has 2 aromatic carbocycles. The number of ether oxygens (including phenoxy) is 1. The van der Waals surface area contributed by atoms with E-state index in [4.69, 9.17) is 16.3 Å². The Morgan fingerprint density at radius 2 is 1.96 bits per heavy atom. The van der Waals surface area contributed by atoms with Crippen LogP contribution in [0.25, 0.3) is 0 Å². The van der Waals surface area contributed by atoms with Crippen molar-refractivity contribution in [2.24, 2.45) is 5.92 Å². The second-order valence-corrected chi connectivity index (χ2v) is 9.56. The number of hydrogen-bond acceptors (Lipinski definition) is 5. The van der Waals surface area contributed by atoms with Crippen molar-refractivity contribution in [2.45, 2.75) is 17.2 Å². The predicted octanol–water partition coefficient (Wildman–Crippen LogP) is 3.04. The number of sulfonamides is 1. The molecule has 1 heterocycles. The van der Waals surface area contributed by atoms with E-state index in [1.54, 1.807) is 0 Å². The number of carbonyl (C=O) groups is 2. The predicted molar refractivity (Wildman–Crippen MR) is 106 cm³/mol. The Hall–Kier alpha value is -2.10. The van der Waals surface area contributed by atoms with Crippen LogP contribution in [0.3, 0.4) is 0 Å². The van der Waals surface area contributed by atoms with Crippen molar-refractivity contribution in [3.63, 3.8) is 0 Å². The molecule has 1 aliphatic heterocycles. The van der Waals surface area contributed by atoms with E-state index in [0.29, 0.717) is 6.42 Å². The summed E-state index contributed by atoms with van der Waals surface area (Å²) in [7, 11) is -4.19. The summed E-state index contributed by atoms with van der Waals surface area (Å²) in [5.41, 5.74) is 1.26. The third-order valence-electron chi connectivity index (χ3n) is 4.62. The fourth-order valence-corrected chi connectivity index (χ4v) is 4.95. The zero-order chi connectivity index (χ0) is 20.1. The highest BCUT2D eigenvalue weighted by Crippen LogP contribution is 2.48. The Kier molecular flexibility index (Phi) is 4.84. The van der Waals surface area contributed by atoms with Gasteiger partial charge in [-0.05, 0) is 36.1 Å². The van der Waals surface area contributed by atoms with Gasteiger partial charge in [-0.15, -0.1) is 0 Å². The molecule has 28 heavy (non-hydrogen) atoms. The maximum atomic E-state index is 12.7. The lowest BCUT2D eigenvalue weighted by Crippen LogP contribution is -2.32. The summed E-state index contributed by atoms with van der Waals surface area (Å²) in [6.45, 7) is -0.225. The minimum Gasteiger partial charge on any atom is -0.482 e. The number of fused-ring (bicyclic) bond motifs is 1. The summed E-state index contributed by atoms with van der Waals surface area (Å²) < 4.78 is 33.6. The van der Waals surface area contributed by atoms with Crippen LogP contribution in [0.5, 0.6) is 5.75 Å². The quantitative estimate of drug-likeness (QED) is 0.693. The third-order valence-corrected chi connectivity index (χ3v) is 6.96. The summed E-state index contributed by atoms with van der Waals surface area (Å²) in [5, 5.41) is 2.42. The Morgan fingerprint density at radius 1 is 1.25 bits per heavy atom. The van der Waals surface area contributed by atoms with E-state index in [1.807, 2.05) is 24.3 Å². The molecule has 0 saturated heterocycles. The molecule has 2 aromatic rings. The minimum absolute atomic E-state index is 0.0131. The van der Waals surface area contributed by atoms with E-state index in [2.05, 4.69) is 26.0 Å². The number of rotatable bonds is 4. The van der Waals surface area contributed by atoms with E-state index in [0.717, 1.165) is 10.0 Å². The minimum atomic E-state index is -4.19. The number of halogens is 2. The van der Waals surface area contributed by atoms with Gasteiger partial charge < -0.3 is 10.1 Å². The van der Waals surface area contributed by atoms with Gasteiger partial charge in [0, 0.05) is 16.5 Å². The van der Waals surface area contributed by atoms with Crippen LogP contribution in [0.15, 0.2) is 45.8 Å². The van der Waals surface area contributed by atoms with Crippen LogP contribution >= 0.6 is 27.5 Å². The molecule has 0 aromatic heterocycles. The Labute approximate surface area is 174 Å². The van der Waals surface area contributed by atoms with Gasteiger partial charge in [0.2, 0.25) is 5.91 Å². The Bertz CT molecular complexity index is 1090. The molecule has 0 spiro atoms. The van der Waals surface area contributed by atoms with Gasteiger partial charge in [-0.2, -0.15) is 0 Å².